The molecular formula is C18H31N3O2S. The lowest BCUT2D eigenvalue weighted by atomic mass is 9.97. The van der Waals surface area contributed by atoms with Gasteiger partial charge in [0, 0.05) is 30.9 Å². The summed E-state index contributed by atoms with van der Waals surface area (Å²) in [6.45, 7) is 11.6. The number of aromatic nitrogens is 1. The quantitative estimate of drug-likeness (QED) is 0.876. The molecule has 2 atom stereocenters. The number of nitrogens with zero attached hydrogens (tertiary/aromatic N) is 2. The Balaban J connectivity index is 1.87. The predicted octanol–water partition coefficient (Wildman–Crippen LogP) is 3.76. The molecule has 1 aliphatic heterocycles. The first-order valence-corrected chi connectivity index (χ1v) is 9.78. The number of carbonyl (C=O) groups excluding carboxylic acids is 1. The number of piperidine rings is 1. The van der Waals surface area contributed by atoms with Gasteiger partial charge in [0.25, 0.3) is 0 Å². The van der Waals surface area contributed by atoms with E-state index >= 15 is 0 Å². The van der Waals surface area contributed by atoms with Crippen LogP contribution in [0.15, 0.2) is 5.38 Å². The van der Waals surface area contributed by atoms with Gasteiger partial charge in [-0.1, -0.05) is 0 Å². The summed E-state index contributed by atoms with van der Waals surface area (Å²) in [5.41, 5.74) is 0.697. The Bertz CT molecular complexity index is 539. The molecule has 0 saturated carbocycles. The molecule has 1 aromatic heterocycles. The molecule has 1 aliphatic rings. The van der Waals surface area contributed by atoms with Crippen LogP contribution in [0.4, 0.5) is 4.79 Å². The normalized spacial score (nSPS) is 20.0. The van der Waals surface area contributed by atoms with Crippen LogP contribution in [0.5, 0.6) is 0 Å². The summed E-state index contributed by atoms with van der Waals surface area (Å²) in [5, 5.41) is 6.81. The van der Waals surface area contributed by atoms with Crippen LogP contribution in [0.25, 0.3) is 0 Å². The lowest BCUT2D eigenvalue weighted by molar-refractivity contribution is 0.00564. The predicted molar refractivity (Wildman–Crippen MR) is 98.6 cm³/mol. The topological polar surface area (TPSA) is 54.5 Å². The van der Waals surface area contributed by atoms with E-state index in [2.05, 4.69) is 22.6 Å². The Kier molecular flexibility index (Phi) is 6.63. The number of thiazole rings is 1. The minimum atomic E-state index is -0.446. The van der Waals surface area contributed by atoms with Crippen molar-refractivity contribution in [3.8, 4) is 0 Å². The van der Waals surface area contributed by atoms with Gasteiger partial charge in [0.05, 0.1) is 16.7 Å². The van der Waals surface area contributed by atoms with Gasteiger partial charge in [-0.2, -0.15) is 0 Å². The van der Waals surface area contributed by atoms with E-state index in [1.165, 1.54) is 6.42 Å². The monoisotopic (exact) mass is 353 g/mol. The van der Waals surface area contributed by atoms with Gasteiger partial charge < -0.3 is 15.0 Å². The highest BCUT2D eigenvalue weighted by Crippen LogP contribution is 2.22. The molecule has 1 amide bonds. The van der Waals surface area contributed by atoms with Gasteiger partial charge in [0.2, 0.25) is 0 Å². The fourth-order valence-electron chi connectivity index (χ4n) is 3.11. The Hall–Kier alpha value is -1.14. The number of rotatable bonds is 5. The molecule has 1 saturated heterocycles. The maximum atomic E-state index is 12.5. The lowest BCUT2D eigenvalue weighted by Gasteiger charge is -2.40. The van der Waals surface area contributed by atoms with E-state index in [1.807, 2.05) is 32.6 Å². The van der Waals surface area contributed by atoms with E-state index in [0.29, 0.717) is 0 Å². The second kappa shape index (κ2) is 8.30. The van der Waals surface area contributed by atoms with Crippen molar-refractivity contribution in [2.24, 2.45) is 0 Å². The molecule has 2 rings (SSSR count). The van der Waals surface area contributed by atoms with E-state index < -0.39 is 5.60 Å². The first-order valence-electron chi connectivity index (χ1n) is 8.90. The van der Waals surface area contributed by atoms with Gasteiger partial charge in [-0.25, -0.2) is 9.78 Å². The highest BCUT2D eigenvalue weighted by atomic mass is 32.1. The molecule has 0 spiro atoms. The molecule has 5 nitrogen and oxygen atoms in total. The van der Waals surface area contributed by atoms with E-state index in [1.54, 1.807) is 11.3 Å². The maximum absolute atomic E-state index is 12.5. The van der Waals surface area contributed by atoms with Crippen molar-refractivity contribution in [3.63, 3.8) is 0 Å². The van der Waals surface area contributed by atoms with E-state index in [-0.39, 0.29) is 18.2 Å². The molecule has 1 N–H and O–H groups in total. The number of amides is 1. The fourth-order valence-corrected chi connectivity index (χ4v) is 3.76. The number of carbonyl (C=O) groups is 1. The van der Waals surface area contributed by atoms with Crippen molar-refractivity contribution in [1.29, 1.82) is 0 Å². The number of likely N-dealkylation sites (tertiary alicyclic amines) is 1. The van der Waals surface area contributed by atoms with Crippen molar-refractivity contribution >= 4 is 17.4 Å². The molecule has 0 aromatic carbocycles. The highest BCUT2D eigenvalue weighted by Gasteiger charge is 2.33. The molecule has 0 bridgehead atoms. The molecule has 0 unspecified atom stereocenters. The van der Waals surface area contributed by atoms with Gasteiger partial charge in [-0.15, -0.1) is 11.3 Å². The van der Waals surface area contributed by atoms with Gasteiger partial charge in [0.15, 0.2) is 0 Å². The number of ether oxygens (including phenoxy) is 1. The van der Waals surface area contributed by atoms with Crippen molar-refractivity contribution in [1.82, 2.24) is 15.2 Å². The zero-order chi connectivity index (χ0) is 17.7. The number of aryl methyl sites for hydroxylation is 1. The van der Waals surface area contributed by atoms with E-state index in [9.17, 15) is 4.79 Å². The molecule has 0 aliphatic carbocycles. The van der Waals surface area contributed by atoms with Crippen LogP contribution in [-0.2, 0) is 11.2 Å². The summed E-state index contributed by atoms with van der Waals surface area (Å²) in [5.74, 6) is 0. The standard InChI is InChI=1S/C18H31N3O2S/c1-13(19-10-9-15-12-24-14(2)20-15)16-8-6-7-11-21(16)17(22)23-18(3,4)5/h12-13,16,19H,6-11H2,1-5H3/t13-,16+/m0/s1. The zero-order valence-corrected chi connectivity index (χ0v) is 16.4. The number of nitrogens with one attached hydrogen (secondary N) is 1. The van der Waals surface area contributed by atoms with Crippen LogP contribution in [0.2, 0.25) is 0 Å². The second-order valence-electron chi connectivity index (χ2n) is 7.59. The van der Waals surface area contributed by atoms with E-state index in [4.69, 9.17) is 4.74 Å². The van der Waals surface area contributed by atoms with Crippen LogP contribution in [-0.4, -0.2) is 46.8 Å². The third-order valence-electron chi connectivity index (χ3n) is 4.27. The fraction of sp³-hybridized carbons (Fsp3) is 0.778. The summed E-state index contributed by atoms with van der Waals surface area (Å²) in [6.07, 6.45) is 4.00. The SMILES string of the molecule is Cc1nc(CCN[C@@H](C)[C@H]2CCCCN2C(=O)OC(C)(C)C)cs1. The van der Waals surface area contributed by atoms with Gasteiger partial charge in [-0.05, 0) is 53.9 Å². The molecule has 136 valence electrons. The molecule has 0 radical (unpaired) electrons. The first kappa shape index (κ1) is 19.2. The third kappa shape index (κ3) is 5.74. The summed E-state index contributed by atoms with van der Waals surface area (Å²) in [6, 6.07) is 0.448. The van der Waals surface area contributed by atoms with Crippen molar-refractivity contribution in [2.75, 3.05) is 13.1 Å². The molecule has 24 heavy (non-hydrogen) atoms. The van der Waals surface area contributed by atoms with Gasteiger partial charge in [-0.3, -0.25) is 0 Å². The Morgan fingerprint density at radius 2 is 2.25 bits per heavy atom. The van der Waals surface area contributed by atoms with Crippen LogP contribution in [0.1, 0.15) is 57.7 Å². The van der Waals surface area contributed by atoms with Crippen LogP contribution >= 0.6 is 11.3 Å². The Morgan fingerprint density at radius 1 is 1.50 bits per heavy atom. The smallest absolute Gasteiger partial charge is 0.410 e. The number of hydrogen-bond acceptors (Lipinski definition) is 5. The average Bonchev–Trinajstić information content (AvgIpc) is 2.91. The van der Waals surface area contributed by atoms with Crippen LogP contribution < -0.4 is 5.32 Å². The van der Waals surface area contributed by atoms with E-state index in [0.717, 1.165) is 43.1 Å². The molecule has 1 fully saturated rings. The summed E-state index contributed by atoms with van der Waals surface area (Å²) in [4.78, 5) is 18.9. The average molecular weight is 354 g/mol. The first-order chi connectivity index (χ1) is 11.3. The van der Waals surface area contributed by atoms with Gasteiger partial charge >= 0.3 is 6.09 Å². The van der Waals surface area contributed by atoms with Crippen LogP contribution in [0.3, 0.4) is 0 Å². The molecule has 6 heteroatoms. The summed E-state index contributed by atoms with van der Waals surface area (Å²) in [7, 11) is 0. The minimum absolute atomic E-state index is 0.184. The largest absolute Gasteiger partial charge is 0.444 e. The van der Waals surface area contributed by atoms with Crippen LogP contribution in [0, 0.1) is 6.92 Å². The number of hydrogen-bond donors (Lipinski definition) is 1. The lowest BCUT2D eigenvalue weighted by Crippen LogP contribution is -2.54. The zero-order valence-electron chi connectivity index (χ0n) is 15.6. The Labute approximate surface area is 149 Å². The summed E-state index contributed by atoms with van der Waals surface area (Å²) >= 11 is 1.69. The molecule has 2 heterocycles. The second-order valence-corrected chi connectivity index (χ2v) is 8.65. The van der Waals surface area contributed by atoms with Gasteiger partial charge in [0.1, 0.15) is 5.60 Å². The summed E-state index contributed by atoms with van der Waals surface area (Å²) < 4.78 is 5.58. The maximum Gasteiger partial charge on any atom is 0.410 e. The molecule has 1 aromatic rings. The van der Waals surface area contributed by atoms with Crippen molar-refractivity contribution in [2.45, 2.75) is 78.0 Å². The van der Waals surface area contributed by atoms with Crippen molar-refractivity contribution < 1.29 is 9.53 Å². The van der Waals surface area contributed by atoms with Crippen molar-refractivity contribution in [3.05, 3.63) is 16.1 Å². The molecular weight excluding hydrogens is 322 g/mol. The third-order valence-corrected chi connectivity index (χ3v) is 5.09. The minimum Gasteiger partial charge on any atom is -0.444 e. The highest BCUT2D eigenvalue weighted by molar-refractivity contribution is 7.09. The Morgan fingerprint density at radius 3 is 2.88 bits per heavy atom.